The molecular formula is C15H21NO5S2. The van der Waals surface area contributed by atoms with Gasteiger partial charge in [0.25, 0.3) is 0 Å². The molecule has 1 aromatic rings. The highest BCUT2D eigenvalue weighted by Gasteiger charge is 2.59. The second kappa shape index (κ2) is 5.54. The third-order valence-corrected chi connectivity index (χ3v) is 7.83. The molecule has 0 saturated heterocycles. The minimum Gasteiger partial charge on any atom is -0.381 e. The molecule has 1 spiro atoms. The molecule has 128 valence electrons. The van der Waals surface area contributed by atoms with Crippen LogP contribution in [0.15, 0.2) is 34.1 Å². The van der Waals surface area contributed by atoms with E-state index in [1.165, 1.54) is 24.3 Å². The molecule has 0 bridgehead atoms. The minimum atomic E-state index is -3.66. The van der Waals surface area contributed by atoms with Gasteiger partial charge in [0.1, 0.15) is 0 Å². The van der Waals surface area contributed by atoms with Gasteiger partial charge >= 0.3 is 0 Å². The van der Waals surface area contributed by atoms with Gasteiger partial charge in [-0.1, -0.05) is 6.42 Å². The number of rotatable bonds is 5. The van der Waals surface area contributed by atoms with Gasteiger partial charge in [0.05, 0.1) is 15.9 Å². The van der Waals surface area contributed by atoms with Gasteiger partial charge < -0.3 is 4.74 Å². The first-order valence-corrected chi connectivity index (χ1v) is 10.9. The summed E-state index contributed by atoms with van der Waals surface area (Å²) in [6.07, 6.45) is 4.95. The molecule has 2 aliphatic rings. The van der Waals surface area contributed by atoms with Crippen LogP contribution in [0.1, 0.15) is 25.7 Å². The zero-order chi connectivity index (χ0) is 16.9. The Morgan fingerprint density at radius 2 is 1.65 bits per heavy atom. The Balaban J connectivity index is 1.78. The number of benzene rings is 1. The molecule has 2 saturated carbocycles. The molecule has 2 unspecified atom stereocenters. The lowest BCUT2D eigenvalue weighted by Crippen LogP contribution is -2.67. The summed E-state index contributed by atoms with van der Waals surface area (Å²) in [5.41, 5.74) is -0.0610. The van der Waals surface area contributed by atoms with E-state index in [1.807, 2.05) is 0 Å². The molecule has 0 aliphatic heterocycles. The van der Waals surface area contributed by atoms with Crippen LogP contribution in [0, 0.1) is 5.41 Å². The number of sulfone groups is 1. The molecule has 2 fully saturated rings. The van der Waals surface area contributed by atoms with E-state index in [9.17, 15) is 16.8 Å². The van der Waals surface area contributed by atoms with Crippen LogP contribution < -0.4 is 4.72 Å². The zero-order valence-electron chi connectivity index (χ0n) is 13.2. The fourth-order valence-corrected chi connectivity index (χ4v) is 5.59. The molecule has 6 nitrogen and oxygen atoms in total. The van der Waals surface area contributed by atoms with E-state index in [1.54, 1.807) is 7.11 Å². The maximum Gasteiger partial charge on any atom is 0.240 e. The van der Waals surface area contributed by atoms with E-state index in [0.717, 1.165) is 25.5 Å². The molecule has 0 radical (unpaired) electrons. The average Bonchev–Trinajstić information content (AvgIpc) is 2.40. The summed E-state index contributed by atoms with van der Waals surface area (Å²) in [4.78, 5) is 0.190. The molecular weight excluding hydrogens is 338 g/mol. The van der Waals surface area contributed by atoms with Crippen molar-refractivity contribution < 1.29 is 21.6 Å². The highest BCUT2D eigenvalue weighted by molar-refractivity contribution is 7.90. The minimum absolute atomic E-state index is 0.0610. The van der Waals surface area contributed by atoms with Crippen LogP contribution in [0.3, 0.4) is 0 Å². The van der Waals surface area contributed by atoms with Crippen LogP contribution in [0.4, 0.5) is 0 Å². The Kier molecular flexibility index (Phi) is 4.07. The van der Waals surface area contributed by atoms with Gasteiger partial charge in [0.2, 0.25) is 10.0 Å². The van der Waals surface area contributed by atoms with Gasteiger partial charge in [-0.15, -0.1) is 0 Å². The number of methoxy groups -OCH3 is 1. The standard InChI is InChI=1S/C15H21NO5S2/c1-21-14-10-13(15(14)8-3-9-15)16-23(19,20)12-6-4-11(5-7-12)22(2,17)18/h4-7,13-14,16H,3,8-10H2,1-2H3. The number of sulfonamides is 1. The van der Waals surface area contributed by atoms with Crippen molar-refractivity contribution in [3.05, 3.63) is 24.3 Å². The van der Waals surface area contributed by atoms with E-state index >= 15 is 0 Å². The largest absolute Gasteiger partial charge is 0.381 e. The monoisotopic (exact) mass is 359 g/mol. The van der Waals surface area contributed by atoms with Gasteiger partial charge in [-0.3, -0.25) is 0 Å². The summed E-state index contributed by atoms with van der Waals surface area (Å²) in [7, 11) is -5.33. The molecule has 0 aromatic heterocycles. The van der Waals surface area contributed by atoms with E-state index in [-0.39, 0.29) is 27.4 Å². The van der Waals surface area contributed by atoms with Crippen molar-refractivity contribution >= 4 is 19.9 Å². The average molecular weight is 359 g/mol. The van der Waals surface area contributed by atoms with Gasteiger partial charge in [0, 0.05) is 24.8 Å². The smallest absolute Gasteiger partial charge is 0.240 e. The molecule has 8 heteroatoms. The number of hydrogen-bond donors (Lipinski definition) is 1. The SMILES string of the molecule is COC1CC(NS(=O)(=O)c2ccc(S(C)(=O)=O)cc2)C12CCC2. The van der Waals surface area contributed by atoms with Crippen LogP contribution in [0.2, 0.25) is 0 Å². The summed E-state index contributed by atoms with van der Waals surface area (Å²) in [5.74, 6) is 0. The van der Waals surface area contributed by atoms with Crippen LogP contribution in [-0.2, 0) is 24.6 Å². The second-order valence-electron chi connectivity index (χ2n) is 6.46. The Labute approximate surface area is 137 Å². The topological polar surface area (TPSA) is 89.5 Å². The first-order chi connectivity index (χ1) is 10.7. The van der Waals surface area contributed by atoms with Gasteiger partial charge in [0.15, 0.2) is 9.84 Å². The van der Waals surface area contributed by atoms with Crippen LogP contribution in [-0.4, -0.2) is 42.3 Å². The van der Waals surface area contributed by atoms with Crippen molar-refractivity contribution in [3.63, 3.8) is 0 Å². The molecule has 2 atom stereocenters. The molecule has 3 rings (SSSR count). The lowest BCUT2D eigenvalue weighted by Gasteiger charge is -2.60. The van der Waals surface area contributed by atoms with Crippen molar-refractivity contribution in [1.82, 2.24) is 4.72 Å². The van der Waals surface area contributed by atoms with Crippen molar-refractivity contribution in [1.29, 1.82) is 0 Å². The highest BCUT2D eigenvalue weighted by Crippen LogP contribution is 2.57. The lowest BCUT2D eigenvalue weighted by molar-refractivity contribution is -0.155. The van der Waals surface area contributed by atoms with E-state index in [0.29, 0.717) is 6.42 Å². The first kappa shape index (κ1) is 16.9. The number of nitrogens with one attached hydrogen (secondary N) is 1. The predicted octanol–water partition coefficient (Wildman–Crippen LogP) is 1.33. The summed E-state index contributed by atoms with van der Waals surface area (Å²) in [5, 5.41) is 0. The molecule has 2 aliphatic carbocycles. The van der Waals surface area contributed by atoms with Crippen LogP contribution >= 0.6 is 0 Å². The normalized spacial score (nSPS) is 26.5. The lowest BCUT2D eigenvalue weighted by atomic mass is 9.51. The molecule has 0 heterocycles. The van der Waals surface area contributed by atoms with E-state index in [4.69, 9.17) is 4.74 Å². The fourth-order valence-electron chi connectivity index (χ4n) is 3.62. The Hall–Kier alpha value is -0.960. The molecule has 0 amide bonds. The van der Waals surface area contributed by atoms with Gasteiger partial charge in [-0.05, 0) is 43.5 Å². The van der Waals surface area contributed by atoms with Crippen LogP contribution in [0.25, 0.3) is 0 Å². The van der Waals surface area contributed by atoms with Crippen molar-refractivity contribution in [2.24, 2.45) is 5.41 Å². The molecule has 1 aromatic carbocycles. The number of ether oxygens (including phenoxy) is 1. The van der Waals surface area contributed by atoms with Gasteiger partial charge in [-0.25, -0.2) is 21.6 Å². The molecule has 23 heavy (non-hydrogen) atoms. The number of hydrogen-bond acceptors (Lipinski definition) is 5. The summed E-state index contributed by atoms with van der Waals surface area (Å²) in [6, 6.07) is 5.20. The summed E-state index contributed by atoms with van der Waals surface area (Å²) < 4.78 is 56.1. The Bertz CT molecular complexity index is 795. The second-order valence-corrected chi connectivity index (χ2v) is 10.2. The quantitative estimate of drug-likeness (QED) is 0.856. The zero-order valence-corrected chi connectivity index (χ0v) is 14.8. The van der Waals surface area contributed by atoms with Crippen molar-refractivity contribution in [2.75, 3.05) is 13.4 Å². The highest BCUT2D eigenvalue weighted by atomic mass is 32.2. The van der Waals surface area contributed by atoms with Crippen molar-refractivity contribution in [3.8, 4) is 0 Å². The Morgan fingerprint density at radius 3 is 2.09 bits per heavy atom. The molecule has 1 N–H and O–H groups in total. The van der Waals surface area contributed by atoms with Crippen LogP contribution in [0.5, 0.6) is 0 Å². The maximum absolute atomic E-state index is 12.5. The third kappa shape index (κ3) is 2.82. The van der Waals surface area contributed by atoms with Crippen molar-refractivity contribution in [2.45, 2.75) is 47.6 Å². The summed E-state index contributed by atoms with van der Waals surface area (Å²) >= 11 is 0. The van der Waals surface area contributed by atoms with E-state index in [2.05, 4.69) is 4.72 Å². The predicted molar refractivity (Wildman–Crippen MR) is 85.4 cm³/mol. The fraction of sp³-hybridized carbons (Fsp3) is 0.600. The first-order valence-electron chi connectivity index (χ1n) is 7.54. The Morgan fingerprint density at radius 1 is 1.09 bits per heavy atom. The maximum atomic E-state index is 12.5. The van der Waals surface area contributed by atoms with E-state index < -0.39 is 19.9 Å². The third-order valence-electron chi connectivity index (χ3n) is 5.21. The summed E-state index contributed by atoms with van der Waals surface area (Å²) in [6.45, 7) is 0. The van der Waals surface area contributed by atoms with Gasteiger partial charge in [-0.2, -0.15) is 0 Å².